The predicted octanol–water partition coefficient (Wildman–Crippen LogP) is 3.97. The van der Waals surface area contributed by atoms with Crippen molar-refractivity contribution in [3.63, 3.8) is 0 Å². The molecule has 0 amide bonds. The molecule has 3 aromatic rings. The minimum absolute atomic E-state index is 0.0887. The van der Waals surface area contributed by atoms with Crippen molar-refractivity contribution >= 4 is 10.9 Å². The van der Waals surface area contributed by atoms with Gasteiger partial charge in [-0.2, -0.15) is 0 Å². The number of para-hydroxylation sites is 1. The lowest BCUT2D eigenvalue weighted by Gasteiger charge is -2.19. The summed E-state index contributed by atoms with van der Waals surface area (Å²) in [7, 11) is 0. The molecule has 0 aliphatic carbocycles. The zero-order chi connectivity index (χ0) is 17.1. The minimum Gasteiger partial charge on any atom is -0.306 e. The molecular formula is C21H23N3O. The van der Waals surface area contributed by atoms with Gasteiger partial charge in [-0.05, 0) is 43.6 Å². The SMILES string of the molecule is O=c1[nH]c(-c2ccc(CN3CCCCCC3)cc2)nc2ccccc12. The van der Waals surface area contributed by atoms with Gasteiger partial charge in [-0.3, -0.25) is 9.69 Å². The van der Waals surface area contributed by atoms with Gasteiger partial charge in [-0.1, -0.05) is 49.2 Å². The van der Waals surface area contributed by atoms with E-state index < -0.39 is 0 Å². The molecule has 1 saturated heterocycles. The molecule has 4 rings (SSSR count). The third-order valence-corrected chi connectivity index (χ3v) is 4.95. The molecule has 0 spiro atoms. The van der Waals surface area contributed by atoms with Gasteiger partial charge in [0.2, 0.25) is 0 Å². The van der Waals surface area contributed by atoms with Crippen molar-refractivity contribution in [3.8, 4) is 11.4 Å². The summed E-state index contributed by atoms with van der Waals surface area (Å²) < 4.78 is 0. The summed E-state index contributed by atoms with van der Waals surface area (Å²) in [6.07, 6.45) is 5.33. The van der Waals surface area contributed by atoms with Gasteiger partial charge in [-0.25, -0.2) is 4.98 Å². The second-order valence-electron chi connectivity index (χ2n) is 6.82. The van der Waals surface area contributed by atoms with E-state index in [4.69, 9.17) is 0 Å². The van der Waals surface area contributed by atoms with Crippen molar-refractivity contribution in [2.45, 2.75) is 32.2 Å². The van der Waals surface area contributed by atoms with E-state index in [-0.39, 0.29) is 5.56 Å². The molecule has 1 fully saturated rings. The van der Waals surface area contributed by atoms with Crippen LogP contribution in [0, 0.1) is 0 Å². The lowest BCUT2D eigenvalue weighted by atomic mass is 10.1. The van der Waals surface area contributed by atoms with Gasteiger partial charge in [0.1, 0.15) is 5.82 Å². The molecule has 4 heteroatoms. The van der Waals surface area contributed by atoms with E-state index in [9.17, 15) is 4.79 Å². The standard InChI is InChI=1S/C21H23N3O/c25-21-18-7-3-4-8-19(18)22-20(23-21)17-11-9-16(10-12-17)15-24-13-5-1-2-6-14-24/h3-4,7-12H,1-2,5-6,13-15H2,(H,22,23,25). The minimum atomic E-state index is -0.0887. The number of nitrogens with one attached hydrogen (secondary N) is 1. The van der Waals surface area contributed by atoms with E-state index >= 15 is 0 Å². The van der Waals surface area contributed by atoms with Crippen LogP contribution in [0.1, 0.15) is 31.2 Å². The molecule has 0 unspecified atom stereocenters. The average molecular weight is 333 g/mol. The molecule has 1 N–H and O–H groups in total. The van der Waals surface area contributed by atoms with Crippen LogP contribution in [-0.2, 0) is 6.54 Å². The monoisotopic (exact) mass is 333 g/mol. The summed E-state index contributed by atoms with van der Waals surface area (Å²) >= 11 is 0. The number of likely N-dealkylation sites (tertiary alicyclic amines) is 1. The molecule has 0 atom stereocenters. The number of hydrogen-bond acceptors (Lipinski definition) is 3. The molecule has 4 nitrogen and oxygen atoms in total. The van der Waals surface area contributed by atoms with Crippen LogP contribution in [0.3, 0.4) is 0 Å². The zero-order valence-corrected chi connectivity index (χ0v) is 14.4. The molecule has 0 bridgehead atoms. The first-order valence-corrected chi connectivity index (χ1v) is 9.10. The van der Waals surface area contributed by atoms with Gasteiger partial charge in [0.05, 0.1) is 10.9 Å². The van der Waals surface area contributed by atoms with E-state index in [0.29, 0.717) is 11.2 Å². The highest BCUT2D eigenvalue weighted by Crippen LogP contribution is 2.19. The number of hydrogen-bond donors (Lipinski definition) is 1. The molecule has 1 aromatic heterocycles. The maximum Gasteiger partial charge on any atom is 0.259 e. The van der Waals surface area contributed by atoms with Crippen LogP contribution < -0.4 is 5.56 Å². The fourth-order valence-electron chi connectivity index (χ4n) is 3.54. The highest BCUT2D eigenvalue weighted by atomic mass is 16.1. The number of aromatic amines is 1. The van der Waals surface area contributed by atoms with Crippen molar-refractivity contribution in [2.75, 3.05) is 13.1 Å². The molecule has 25 heavy (non-hydrogen) atoms. The zero-order valence-electron chi connectivity index (χ0n) is 14.4. The number of rotatable bonds is 3. The van der Waals surface area contributed by atoms with E-state index in [0.717, 1.165) is 17.6 Å². The summed E-state index contributed by atoms with van der Waals surface area (Å²) in [6.45, 7) is 3.39. The van der Waals surface area contributed by atoms with Crippen LogP contribution in [0.4, 0.5) is 0 Å². The molecule has 0 radical (unpaired) electrons. The third-order valence-electron chi connectivity index (χ3n) is 4.95. The second-order valence-corrected chi connectivity index (χ2v) is 6.82. The Kier molecular flexibility index (Phi) is 4.61. The van der Waals surface area contributed by atoms with Gasteiger partial charge >= 0.3 is 0 Å². The van der Waals surface area contributed by atoms with Crippen LogP contribution in [0.25, 0.3) is 22.3 Å². The van der Waals surface area contributed by atoms with E-state index in [1.165, 1.54) is 44.3 Å². The van der Waals surface area contributed by atoms with Crippen LogP contribution in [0.2, 0.25) is 0 Å². The molecule has 128 valence electrons. The van der Waals surface area contributed by atoms with Gasteiger partial charge in [0.15, 0.2) is 0 Å². The first-order chi connectivity index (χ1) is 12.3. The first-order valence-electron chi connectivity index (χ1n) is 9.10. The van der Waals surface area contributed by atoms with Crippen molar-refractivity contribution in [2.24, 2.45) is 0 Å². The average Bonchev–Trinajstić information content (AvgIpc) is 2.91. The number of fused-ring (bicyclic) bond motifs is 1. The fourth-order valence-corrected chi connectivity index (χ4v) is 3.54. The number of benzene rings is 2. The van der Waals surface area contributed by atoms with Crippen molar-refractivity contribution in [3.05, 3.63) is 64.4 Å². The Morgan fingerprint density at radius 3 is 2.40 bits per heavy atom. The maximum atomic E-state index is 12.2. The second kappa shape index (κ2) is 7.19. The van der Waals surface area contributed by atoms with Gasteiger partial charge < -0.3 is 4.98 Å². The number of H-pyrrole nitrogens is 1. The summed E-state index contributed by atoms with van der Waals surface area (Å²) in [5, 5.41) is 0.629. The molecule has 2 aromatic carbocycles. The summed E-state index contributed by atoms with van der Waals surface area (Å²) in [6, 6.07) is 15.8. The lowest BCUT2D eigenvalue weighted by Crippen LogP contribution is -2.23. The lowest BCUT2D eigenvalue weighted by molar-refractivity contribution is 0.277. The number of nitrogens with zero attached hydrogens (tertiary/aromatic N) is 2. The Hall–Kier alpha value is -2.46. The Balaban J connectivity index is 1.56. The summed E-state index contributed by atoms with van der Waals surface area (Å²) in [5.41, 5.74) is 2.90. The van der Waals surface area contributed by atoms with Crippen LogP contribution >= 0.6 is 0 Å². The Morgan fingerprint density at radius 1 is 0.920 bits per heavy atom. The van der Waals surface area contributed by atoms with E-state index in [1.54, 1.807) is 6.07 Å². The summed E-state index contributed by atoms with van der Waals surface area (Å²) in [5.74, 6) is 0.630. The fraction of sp³-hybridized carbons (Fsp3) is 0.333. The van der Waals surface area contributed by atoms with Gasteiger partial charge in [0.25, 0.3) is 5.56 Å². The normalized spacial score (nSPS) is 16.0. The molecule has 0 saturated carbocycles. The molecule has 1 aliphatic heterocycles. The van der Waals surface area contributed by atoms with Gasteiger partial charge in [0, 0.05) is 12.1 Å². The Labute approximate surface area is 147 Å². The maximum absolute atomic E-state index is 12.2. The van der Waals surface area contributed by atoms with E-state index in [2.05, 4.69) is 39.1 Å². The molecular weight excluding hydrogens is 310 g/mol. The smallest absolute Gasteiger partial charge is 0.259 e. The number of aromatic nitrogens is 2. The van der Waals surface area contributed by atoms with Crippen LogP contribution in [-0.4, -0.2) is 28.0 Å². The van der Waals surface area contributed by atoms with Gasteiger partial charge in [-0.15, -0.1) is 0 Å². The quantitative estimate of drug-likeness (QED) is 0.789. The Bertz CT molecular complexity index is 906. The third kappa shape index (κ3) is 3.64. The highest BCUT2D eigenvalue weighted by molar-refractivity contribution is 5.79. The first kappa shape index (κ1) is 16.0. The van der Waals surface area contributed by atoms with Crippen molar-refractivity contribution in [1.29, 1.82) is 0 Å². The largest absolute Gasteiger partial charge is 0.306 e. The van der Waals surface area contributed by atoms with Crippen LogP contribution in [0.15, 0.2) is 53.3 Å². The van der Waals surface area contributed by atoms with Crippen molar-refractivity contribution in [1.82, 2.24) is 14.9 Å². The van der Waals surface area contributed by atoms with E-state index in [1.807, 2.05) is 18.2 Å². The summed E-state index contributed by atoms with van der Waals surface area (Å²) in [4.78, 5) is 22.3. The highest BCUT2D eigenvalue weighted by Gasteiger charge is 2.10. The van der Waals surface area contributed by atoms with Crippen molar-refractivity contribution < 1.29 is 0 Å². The Morgan fingerprint density at radius 2 is 1.64 bits per heavy atom. The molecule has 1 aliphatic rings. The molecule has 2 heterocycles. The topological polar surface area (TPSA) is 49.0 Å². The van der Waals surface area contributed by atoms with Crippen LogP contribution in [0.5, 0.6) is 0 Å². The predicted molar refractivity (Wildman–Crippen MR) is 102 cm³/mol.